The average Bonchev–Trinajstić information content (AvgIpc) is 3.04. The molecular weight excluding hydrogens is 370 g/mol. The lowest BCUT2D eigenvalue weighted by Crippen LogP contribution is -2.41. The van der Waals surface area contributed by atoms with Crippen LogP contribution in [0, 0.1) is 0 Å². The lowest BCUT2D eigenvalue weighted by molar-refractivity contribution is -0.147. The number of para-hydroxylation sites is 3. The number of anilines is 2. The van der Waals surface area contributed by atoms with Gasteiger partial charge in [0, 0.05) is 29.6 Å². The molecule has 0 radical (unpaired) electrons. The number of fused-ring (bicyclic) bond motifs is 2. The summed E-state index contributed by atoms with van der Waals surface area (Å²) >= 11 is 0. The van der Waals surface area contributed by atoms with E-state index in [1.165, 1.54) is 4.90 Å². The van der Waals surface area contributed by atoms with E-state index in [9.17, 15) is 14.4 Å². The molecule has 0 aliphatic carbocycles. The number of rotatable bonds is 4. The fraction of sp³-hybridized carbons (Fsp3) is 0.227. The van der Waals surface area contributed by atoms with Crippen LogP contribution in [-0.4, -0.2) is 35.4 Å². The molecule has 4 rings (SSSR count). The number of amides is 2. The SMILES string of the molecule is CC1CC(=O)Nc2ccccc2N1C(=O)COC(=O)Cc1c[nH]c2ccccc12. The van der Waals surface area contributed by atoms with E-state index in [1.807, 2.05) is 24.3 Å². The summed E-state index contributed by atoms with van der Waals surface area (Å²) in [5.41, 5.74) is 2.93. The number of carbonyl (C=O) groups is 3. The van der Waals surface area contributed by atoms with Gasteiger partial charge in [-0.1, -0.05) is 30.3 Å². The number of carbonyl (C=O) groups excluding carboxylic acids is 3. The Balaban J connectivity index is 1.45. The van der Waals surface area contributed by atoms with Gasteiger partial charge in [-0.25, -0.2) is 0 Å². The van der Waals surface area contributed by atoms with Crippen molar-refractivity contribution in [1.29, 1.82) is 0 Å². The third-order valence-corrected chi connectivity index (χ3v) is 4.99. The van der Waals surface area contributed by atoms with E-state index in [1.54, 1.807) is 37.4 Å². The number of H-pyrrole nitrogens is 1. The number of nitrogens with zero attached hydrogens (tertiary/aromatic N) is 1. The van der Waals surface area contributed by atoms with E-state index in [4.69, 9.17) is 4.74 Å². The molecule has 1 aliphatic heterocycles. The van der Waals surface area contributed by atoms with Crippen LogP contribution in [0.15, 0.2) is 54.7 Å². The summed E-state index contributed by atoms with van der Waals surface area (Å²) in [6.45, 7) is 1.42. The van der Waals surface area contributed by atoms with Crippen molar-refractivity contribution < 1.29 is 19.1 Å². The maximum atomic E-state index is 12.9. The summed E-state index contributed by atoms with van der Waals surface area (Å²) in [6.07, 6.45) is 2.02. The number of hydrogen-bond acceptors (Lipinski definition) is 4. The quantitative estimate of drug-likeness (QED) is 0.669. The molecule has 29 heavy (non-hydrogen) atoms. The largest absolute Gasteiger partial charge is 0.455 e. The molecule has 3 aromatic rings. The maximum absolute atomic E-state index is 12.9. The Kier molecular flexibility index (Phi) is 5.03. The third kappa shape index (κ3) is 3.85. The molecular formula is C22H21N3O4. The normalized spacial score (nSPS) is 16.1. The molecule has 1 atom stereocenters. The van der Waals surface area contributed by atoms with Crippen molar-refractivity contribution in [3.8, 4) is 0 Å². The van der Waals surface area contributed by atoms with E-state index in [2.05, 4.69) is 10.3 Å². The fourth-order valence-electron chi connectivity index (χ4n) is 3.66. The number of aromatic amines is 1. The highest BCUT2D eigenvalue weighted by Crippen LogP contribution is 2.31. The van der Waals surface area contributed by atoms with Gasteiger partial charge in [0.25, 0.3) is 5.91 Å². The zero-order valence-corrected chi connectivity index (χ0v) is 16.0. The Bertz CT molecular complexity index is 1090. The molecule has 0 spiro atoms. The summed E-state index contributed by atoms with van der Waals surface area (Å²) in [5.74, 6) is -1.00. The molecule has 2 amide bonds. The van der Waals surface area contributed by atoms with Crippen LogP contribution in [-0.2, 0) is 25.5 Å². The molecule has 2 heterocycles. The van der Waals surface area contributed by atoms with E-state index in [-0.39, 0.29) is 37.3 Å². The lowest BCUT2D eigenvalue weighted by atomic mass is 10.1. The Morgan fingerprint density at radius 1 is 1.14 bits per heavy atom. The van der Waals surface area contributed by atoms with Crippen LogP contribution in [0.5, 0.6) is 0 Å². The van der Waals surface area contributed by atoms with Gasteiger partial charge >= 0.3 is 5.97 Å². The highest BCUT2D eigenvalue weighted by molar-refractivity contribution is 6.05. The number of ether oxygens (including phenoxy) is 1. The number of aromatic nitrogens is 1. The maximum Gasteiger partial charge on any atom is 0.310 e. The second-order valence-corrected chi connectivity index (χ2v) is 7.08. The van der Waals surface area contributed by atoms with E-state index in [0.717, 1.165) is 16.5 Å². The van der Waals surface area contributed by atoms with Crippen molar-refractivity contribution in [3.63, 3.8) is 0 Å². The zero-order valence-electron chi connectivity index (χ0n) is 16.0. The second-order valence-electron chi connectivity index (χ2n) is 7.08. The van der Waals surface area contributed by atoms with Gasteiger partial charge in [0.05, 0.1) is 17.8 Å². The minimum Gasteiger partial charge on any atom is -0.455 e. The predicted octanol–water partition coefficient (Wildman–Crippen LogP) is 3.02. The number of benzene rings is 2. The lowest BCUT2D eigenvalue weighted by Gasteiger charge is -2.27. The zero-order chi connectivity index (χ0) is 20.4. The van der Waals surface area contributed by atoms with Gasteiger partial charge in [-0.2, -0.15) is 0 Å². The Morgan fingerprint density at radius 3 is 2.76 bits per heavy atom. The second kappa shape index (κ2) is 7.79. The summed E-state index contributed by atoms with van der Waals surface area (Å²) in [5, 5.41) is 3.76. The molecule has 1 aliphatic rings. The van der Waals surface area contributed by atoms with Gasteiger partial charge in [-0.3, -0.25) is 14.4 Å². The number of hydrogen-bond donors (Lipinski definition) is 2. The first-order valence-corrected chi connectivity index (χ1v) is 9.44. The van der Waals surface area contributed by atoms with Crippen molar-refractivity contribution in [1.82, 2.24) is 4.98 Å². The molecule has 7 nitrogen and oxygen atoms in total. The molecule has 2 aromatic carbocycles. The first kappa shape index (κ1) is 18.7. The minimum atomic E-state index is -0.479. The predicted molar refractivity (Wildman–Crippen MR) is 110 cm³/mol. The minimum absolute atomic E-state index is 0.0729. The van der Waals surface area contributed by atoms with Crippen LogP contribution in [0.4, 0.5) is 11.4 Å². The van der Waals surface area contributed by atoms with Gasteiger partial charge in [0.2, 0.25) is 5.91 Å². The Labute approximate surface area is 167 Å². The standard InChI is InChI=1S/C22H21N3O4/c1-14-10-20(26)24-18-8-4-5-9-19(18)25(14)21(27)13-29-22(28)11-15-12-23-17-7-3-2-6-16(15)17/h2-9,12,14,23H,10-11,13H2,1H3,(H,24,26). The molecule has 0 saturated carbocycles. The molecule has 1 aromatic heterocycles. The third-order valence-electron chi connectivity index (χ3n) is 4.99. The van der Waals surface area contributed by atoms with Gasteiger partial charge in [-0.15, -0.1) is 0 Å². The summed E-state index contributed by atoms with van der Waals surface area (Å²) in [7, 11) is 0. The highest BCUT2D eigenvalue weighted by atomic mass is 16.5. The van der Waals surface area contributed by atoms with Crippen molar-refractivity contribution in [3.05, 3.63) is 60.3 Å². The number of nitrogens with one attached hydrogen (secondary N) is 2. The topological polar surface area (TPSA) is 91.5 Å². The van der Waals surface area contributed by atoms with Crippen LogP contribution in [0.2, 0.25) is 0 Å². The van der Waals surface area contributed by atoms with E-state index >= 15 is 0 Å². The molecule has 2 N–H and O–H groups in total. The van der Waals surface area contributed by atoms with Crippen LogP contribution < -0.4 is 10.2 Å². The van der Waals surface area contributed by atoms with Crippen LogP contribution >= 0.6 is 0 Å². The van der Waals surface area contributed by atoms with Crippen LogP contribution in [0.3, 0.4) is 0 Å². The average molecular weight is 391 g/mol. The molecule has 0 saturated heterocycles. The monoisotopic (exact) mass is 391 g/mol. The van der Waals surface area contributed by atoms with Crippen LogP contribution in [0.25, 0.3) is 10.9 Å². The van der Waals surface area contributed by atoms with Crippen molar-refractivity contribution in [2.75, 3.05) is 16.8 Å². The van der Waals surface area contributed by atoms with Gasteiger partial charge < -0.3 is 19.9 Å². The van der Waals surface area contributed by atoms with Crippen molar-refractivity contribution in [2.45, 2.75) is 25.8 Å². The fourth-order valence-corrected chi connectivity index (χ4v) is 3.66. The Hall–Kier alpha value is -3.61. The summed E-state index contributed by atoms with van der Waals surface area (Å²) < 4.78 is 5.26. The number of esters is 1. The Morgan fingerprint density at radius 2 is 1.90 bits per heavy atom. The van der Waals surface area contributed by atoms with Gasteiger partial charge in [0.1, 0.15) is 0 Å². The molecule has 7 heteroatoms. The van der Waals surface area contributed by atoms with Crippen molar-refractivity contribution >= 4 is 40.1 Å². The summed E-state index contributed by atoms with van der Waals surface area (Å²) in [4.78, 5) is 41.8. The summed E-state index contributed by atoms with van der Waals surface area (Å²) in [6, 6.07) is 14.4. The smallest absolute Gasteiger partial charge is 0.310 e. The van der Waals surface area contributed by atoms with E-state index in [0.29, 0.717) is 11.4 Å². The van der Waals surface area contributed by atoms with Gasteiger partial charge in [0.15, 0.2) is 6.61 Å². The van der Waals surface area contributed by atoms with E-state index < -0.39 is 5.97 Å². The molecule has 0 bridgehead atoms. The molecule has 148 valence electrons. The first-order chi connectivity index (χ1) is 14.0. The highest BCUT2D eigenvalue weighted by Gasteiger charge is 2.30. The van der Waals surface area contributed by atoms with Crippen molar-refractivity contribution in [2.24, 2.45) is 0 Å². The molecule has 1 unspecified atom stereocenters. The van der Waals surface area contributed by atoms with Crippen LogP contribution in [0.1, 0.15) is 18.9 Å². The van der Waals surface area contributed by atoms with Gasteiger partial charge in [-0.05, 0) is 30.7 Å². The molecule has 0 fully saturated rings. The first-order valence-electron chi connectivity index (χ1n) is 9.44.